The number of nitrogens with zero attached hydrogens (tertiary/aromatic N) is 1. The third-order valence-electron chi connectivity index (χ3n) is 2.26. The van der Waals surface area contributed by atoms with E-state index in [1.807, 2.05) is 0 Å². The van der Waals surface area contributed by atoms with Gasteiger partial charge in [-0.15, -0.1) is 0 Å². The minimum Gasteiger partial charge on any atom is -0.478 e. The number of aliphatic carboxylic acids is 1. The Balaban J connectivity index is 2.27. The molecule has 1 aliphatic rings. The molecule has 0 bridgehead atoms. The average Bonchev–Trinajstić information content (AvgIpc) is 2.34. The minimum absolute atomic E-state index is 0.108. The molecule has 2 amide bonds. The molecule has 7 nitrogen and oxygen atoms in total. The second kappa shape index (κ2) is 6.64. The molecule has 1 heterocycles. The molecule has 94 valence electrons. The largest absolute Gasteiger partial charge is 0.478 e. The topological polar surface area (TPSA) is 98.7 Å². The van der Waals surface area contributed by atoms with E-state index in [9.17, 15) is 14.4 Å². The van der Waals surface area contributed by atoms with Crippen molar-refractivity contribution in [1.82, 2.24) is 15.5 Å². The van der Waals surface area contributed by atoms with Crippen molar-refractivity contribution in [3.63, 3.8) is 0 Å². The zero-order chi connectivity index (χ0) is 12.7. The van der Waals surface area contributed by atoms with E-state index in [0.717, 1.165) is 25.2 Å². The van der Waals surface area contributed by atoms with Gasteiger partial charge in [-0.25, -0.2) is 4.79 Å². The van der Waals surface area contributed by atoms with Gasteiger partial charge in [-0.05, 0) is 0 Å². The summed E-state index contributed by atoms with van der Waals surface area (Å²) in [6, 6.07) is 0. The molecule has 3 N–H and O–H groups in total. The van der Waals surface area contributed by atoms with Crippen molar-refractivity contribution >= 4 is 17.8 Å². The normalized spacial score (nSPS) is 15.9. The minimum atomic E-state index is -1.20. The van der Waals surface area contributed by atoms with E-state index in [4.69, 9.17) is 5.11 Å². The molecule has 0 saturated carbocycles. The molecule has 0 spiro atoms. The molecular formula is C10H15N3O4. The summed E-state index contributed by atoms with van der Waals surface area (Å²) in [6.45, 7) is 2.64. The van der Waals surface area contributed by atoms with Crippen LogP contribution in [0.3, 0.4) is 0 Å². The molecule has 1 saturated heterocycles. The molecule has 0 aromatic carbocycles. The maximum atomic E-state index is 11.6. The van der Waals surface area contributed by atoms with Gasteiger partial charge in [0.2, 0.25) is 11.8 Å². The number of piperazine rings is 1. The van der Waals surface area contributed by atoms with E-state index < -0.39 is 11.9 Å². The second-order valence-electron chi connectivity index (χ2n) is 3.52. The Morgan fingerprint density at radius 2 is 1.88 bits per heavy atom. The summed E-state index contributed by atoms with van der Waals surface area (Å²) in [7, 11) is 0. The first-order valence-corrected chi connectivity index (χ1v) is 5.27. The van der Waals surface area contributed by atoms with Crippen LogP contribution in [0.4, 0.5) is 0 Å². The summed E-state index contributed by atoms with van der Waals surface area (Å²) in [5, 5.41) is 13.7. The predicted molar refractivity (Wildman–Crippen MR) is 59.2 cm³/mol. The Bertz CT molecular complexity index is 334. The molecule has 0 unspecified atom stereocenters. The van der Waals surface area contributed by atoms with Crippen molar-refractivity contribution in [2.24, 2.45) is 0 Å². The summed E-state index contributed by atoms with van der Waals surface area (Å²) in [5.74, 6) is -1.95. The highest BCUT2D eigenvalue weighted by molar-refractivity contribution is 5.95. The van der Waals surface area contributed by atoms with Crippen LogP contribution in [0.15, 0.2) is 12.2 Å². The summed E-state index contributed by atoms with van der Waals surface area (Å²) >= 11 is 0. The monoisotopic (exact) mass is 241 g/mol. The first kappa shape index (κ1) is 13.2. The van der Waals surface area contributed by atoms with Crippen LogP contribution in [0.2, 0.25) is 0 Å². The Kier molecular flexibility index (Phi) is 5.15. The van der Waals surface area contributed by atoms with Crippen LogP contribution in [-0.2, 0) is 14.4 Å². The average molecular weight is 241 g/mol. The molecule has 0 radical (unpaired) electrons. The van der Waals surface area contributed by atoms with Gasteiger partial charge in [-0.1, -0.05) is 0 Å². The third kappa shape index (κ3) is 5.12. The van der Waals surface area contributed by atoms with Gasteiger partial charge in [0, 0.05) is 38.3 Å². The Morgan fingerprint density at radius 1 is 1.24 bits per heavy atom. The van der Waals surface area contributed by atoms with Gasteiger partial charge in [-0.3, -0.25) is 9.59 Å². The third-order valence-corrected chi connectivity index (χ3v) is 2.26. The molecule has 17 heavy (non-hydrogen) atoms. The van der Waals surface area contributed by atoms with Crippen LogP contribution >= 0.6 is 0 Å². The van der Waals surface area contributed by atoms with Gasteiger partial charge in [0.05, 0.1) is 6.54 Å². The smallest absolute Gasteiger partial charge is 0.328 e. The summed E-state index contributed by atoms with van der Waals surface area (Å²) in [4.78, 5) is 34.5. The predicted octanol–water partition coefficient (Wildman–Crippen LogP) is -1.82. The SMILES string of the molecule is O=C(O)/C=C/C(=O)NCC(=O)N1CCNCC1. The molecule has 7 heteroatoms. The zero-order valence-corrected chi connectivity index (χ0v) is 9.31. The van der Waals surface area contributed by atoms with E-state index in [-0.39, 0.29) is 12.5 Å². The highest BCUT2D eigenvalue weighted by atomic mass is 16.4. The van der Waals surface area contributed by atoms with E-state index >= 15 is 0 Å². The quantitative estimate of drug-likeness (QED) is 0.503. The first-order chi connectivity index (χ1) is 8.09. The van der Waals surface area contributed by atoms with Crippen LogP contribution < -0.4 is 10.6 Å². The lowest BCUT2D eigenvalue weighted by atomic mass is 10.3. The number of carboxylic acid groups (broad SMARTS) is 1. The highest BCUT2D eigenvalue weighted by Crippen LogP contribution is 1.92. The van der Waals surface area contributed by atoms with Gasteiger partial charge in [0.1, 0.15) is 0 Å². The van der Waals surface area contributed by atoms with Gasteiger partial charge < -0.3 is 20.6 Å². The number of carbonyl (C=O) groups excluding carboxylic acids is 2. The standard InChI is InChI=1S/C10H15N3O4/c14-8(1-2-10(16)17)12-7-9(15)13-5-3-11-4-6-13/h1-2,11H,3-7H2,(H,12,14)(H,16,17)/b2-1+. The Labute approximate surface area is 98.5 Å². The summed E-state index contributed by atoms with van der Waals surface area (Å²) in [5.41, 5.74) is 0. The van der Waals surface area contributed by atoms with E-state index in [1.165, 1.54) is 0 Å². The Hall–Kier alpha value is -1.89. The molecule has 0 aromatic heterocycles. The fourth-order valence-electron chi connectivity index (χ4n) is 1.39. The molecular weight excluding hydrogens is 226 g/mol. The Morgan fingerprint density at radius 3 is 2.47 bits per heavy atom. The van der Waals surface area contributed by atoms with Crippen LogP contribution in [-0.4, -0.2) is 60.5 Å². The number of carbonyl (C=O) groups is 3. The molecule has 1 aliphatic heterocycles. The number of rotatable bonds is 4. The molecule has 0 atom stereocenters. The maximum Gasteiger partial charge on any atom is 0.328 e. The number of amides is 2. The van der Waals surface area contributed by atoms with Gasteiger partial charge in [0.15, 0.2) is 0 Å². The lowest BCUT2D eigenvalue weighted by Crippen LogP contribution is -2.49. The molecule has 1 fully saturated rings. The number of hydrogen-bond donors (Lipinski definition) is 3. The zero-order valence-electron chi connectivity index (χ0n) is 9.31. The van der Waals surface area contributed by atoms with Crippen molar-refractivity contribution < 1.29 is 19.5 Å². The lowest BCUT2D eigenvalue weighted by molar-refractivity contribution is -0.132. The summed E-state index contributed by atoms with van der Waals surface area (Å²) < 4.78 is 0. The van der Waals surface area contributed by atoms with Crippen molar-refractivity contribution in [2.45, 2.75) is 0 Å². The van der Waals surface area contributed by atoms with Crippen LogP contribution in [0.25, 0.3) is 0 Å². The number of nitrogens with one attached hydrogen (secondary N) is 2. The summed E-state index contributed by atoms with van der Waals surface area (Å²) in [6.07, 6.45) is 1.61. The van der Waals surface area contributed by atoms with Crippen LogP contribution in [0, 0.1) is 0 Å². The first-order valence-electron chi connectivity index (χ1n) is 5.27. The van der Waals surface area contributed by atoms with Gasteiger partial charge >= 0.3 is 5.97 Å². The van der Waals surface area contributed by atoms with Crippen LogP contribution in [0.1, 0.15) is 0 Å². The number of carboxylic acids is 1. The van der Waals surface area contributed by atoms with E-state index in [1.54, 1.807) is 4.90 Å². The van der Waals surface area contributed by atoms with Crippen LogP contribution in [0.5, 0.6) is 0 Å². The van der Waals surface area contributed by atoms with E-state index in [0.29, 0.717) is 13.1 Å². The highest BCUT2D eigenvalue weighted by Gasteiger charge is 2.15. The lowest BCUT2D eigenvalue weighted by Gasteiger charge is -2.27. The fourth-order valence-corrected chi connectivity index (χ4v) is 1.39. The second-order valence-corrected chi connectivity index (χ2v) is 3.52. The molecule has 0 aromatic rings. The van der Waals surface area contributed by atoms with E-state index in [2.05, 4.69) is 10.6 Å². The fraction of sp³-hybridized carbons (Fsp3) is 0.500. The van der Waals surface area contributed by atoms with Gasteiger partial charge in [0.25, 0.3) is 0 Å². The number of hydrogen-bond acceptors (Lipinski definition) is 4. The molecule has 1 rings (SSSR count). The van der Waals surface area contributed by atoms with Crippen molar-refractivity contribution in [1.29, 1.82) is 0 Å². The van der Waals surface area contributed by atoms with Gasteiger partial charge in [-0.2, -0.15) is 0 Å². The maximum absolute atomic E-state index is 11.6. The van der Waals surface area contributed by atoms with Crippen molar-refractivity contribution in [3.8, 4) is 0 Å². The molecule has 0 aliphatic carbocycles. The van der Waals surface area contributed by atoms with Crippen molar-refractivity contribution in [2.75, 3.05) is 32.7 Å². The van der Waals surface area contributed by atoms with Crippen molar-refractivity contribution in [3.05, 3.63) is 12.2 Å².